The molecule has 2 aromatic carbocycles. The van der Waals surface area contributed by atoms with Gasteiger partial charge in [0.05, 0.1) is 6.54 Å². The van der Waals surface area contributed by atoms with Crippen LogP contribution in [0, 0.1) is 12.7 Å². The largest absolute Gasteiger partial charge is 0.508 e. The molecule has 0 aromatic heterocycles. The zero-order valence-corrected chi connectivity index (χ0v) is 16.8. The number of halogens is 2. The van der Waals surface area contributed by atoms with Crippen LogP contribution in [0.5, 0.6) is 5.75 Å². The molecule has 3 N–H and O–H groups in total. The van der Waals surface area contributed by atoms with Gasteiger partial charge in [-0.25, -0.2) is 9.38 Å². The van der Waals surface area contributed by atoms with Gasteiger partial charge in [0.1, 0.15) is 11.6 Å². The van der Waals surface area contributed by atoms with Crippen LogP contribution in [0.3, 0.4) is 0 Å². The molecule has 0 amide bonds. The maximum absolute atomic E-state index is 13.9. The molecule has 0 heterocycles. The van der Waals surface area contributed by atoms with E-state index in [2.05, 4.69) is 36.5 Å². The second-order valence-electron chi connectivity index (χ2n) is 6.25. The zero-order chi connectivity index (χ0) is 19.1. The van der Waals surface area contributed by atoms with Gasteiger partial charge in [-0.05, 0) is 63.0 Å². The van der Waals surface area contributed by atoms with Gasteiger partial charge in [-0.2, -0.15) is 0 Å². The van der Waals surface area contributed by atoms with Crippen LogP contribution in [-0.2, 0) is 6.54 Å². The van der Waals surface area contributed by atoms with Gasteiger partial charge < -0.3 is 20.6 Å². The second-order valence-corrected chi connectivity index (χ2v) is 7.17. The second kappa shape index (κ2) is 9.54. The van der Waals surface area contributed by atoms with E-state index in [1.807, 2.05) is 21.0 Å². The molecular formula is C19H24BrFN4O. The van der Waals surface area contributed by atoms with Crippen LogP contribution in [0.4, 0.5) is 10.1 Å². The Labute approximate surface area is 162 Å². The van der Waals surface area contributed by atoms with E-state index in [-0.39, 0.29) is 18.1 Å². The highest BCUT2D eigenvalue weighted by atomic mass is 79.9. The summed E-state index contributed by atoms with van der Waals surface area (Å²) < 4.78 is 14.8. The van der Waals surface area contributed by atoms with Gasteiger partial charge in [0, 0.05) is 28.8 Å². The van der Waals surface area contributed by atoms with Gasteiger partial charge in [-0.1, -0.05) is 15.9 Å². The minimum atomic E-state index is -0.287. The number of anilines is 1. The van der Waals surface area contributed by atoms with Crippen LogP contribution in [0.15, 0.2) is 45.9 Å². The monoisotopic (exact) mass is 422 g/mol. The van der Waals surface area contributed by atoms with Crippen LogP contribution in [0.1, 0.15) is 11.1 Å². The fourth-order valence-electron chi connectivity index (χ4n) is 2.28. The number of nitrogens with one attached hydrogen (secondary N) is 2. The first-order chi connectivity index (χ1) is 12.3. The number of rotatable bonds is 6. The number of aliphatic imine (C=N–C) groups is 1. The molecule has 0 radical (unpaired) electrons. The molecule has 0 saturated heterocycles. The summed E-state index contributed by atoms with van der Waals surface area (Å²) >= 11 is 3.36. The van der Waals surface area contributed by atoms with E-state index in [1.54, 1.807) is 30.3 Å². The first kappa shape index (κ1) is 20.2. The number of nitrogens with zero attached hydrogens (tertiary/aromatic N) is 2. The van der Waals surface area contributed by atoms with E-state index < -0.39 is 0 Å². The smallest absolute Gasteiger partial charge is 0.196 e. The van der Waals surface area contributed by atoms with Crippen molar-refractivity contribution in [3.05, 3.63) is 57.8 Å². The number of likely N-dealkylation sites (N-methyl/N-ethyl adjacent to an activating group) is 1. The van der Waals surface area contributed by atoms with E-state index in [4.69, 9.17) is 0 Å². The molecule has 0 saturated carbocycles. The van der Waals surface area contributed by atoms with Crippen molar-refractivity contribution in [2.75, 3.05) is 32.5 Å². The maximum Gasteiger partial charge on any atom is 0.196 e. The van der Waals surface area contributed by atoms with Crippen LogP contribution < -0.4 is 10.6 Å². The van der Waals surface area contributed by atoms with Gasteiger partial charge in [-0.3, -0.25) is 0 Å². The molecule has 0 fully saturated rings. The topological polar surface area (TPSA) is 59.9 Å². The Bertz CT molecular complexity index is 780. The van der Waals surface area contributed by atoms with Crippen LogP contribution >= 0.6 is 15.9 Å². The number of hydrogen-bond donors (Lipinski definition) is 3. The van der Waals surface area contributed by atoms with Crippen molar-refractivity contribution in [1.29, 1.82) is 0 Å². The van der Waals surface area contributed by atoms with Crippen molar-refractivity contribution in [2.45, 2.75) is 13.5 Å². The average molecular weight is 423 g/mol. The van der Waals surface area contributed by atoms with Gasteiger partial charge in [0.15, 0.2) is 5.96 Å². The Kier molecular flexibility index (Phi) is 7.41. The summed E-state index contributed by atoms with van der Waals surface area (Å²) in [6.07, 6.45) is 0. The Morgan fingerprint density at radius 2 is 2.00 bits per heavy atom. The van der Waals surface area contributed by atoms with E-state index >= 15 is 0 Å². The average Bonchev–Trinajstić information content (AvgIpc) is 2.57. The van der Waals surface area contributed by atoms with Gasteiger partial charge >= 0.3 is 0 Å². The molecule has 0 bridgehead atoms. The highest BCUT2D eigenvalue weighted by molar-refractivity contribution is 9.10. The Morgan fingerprint density at radius 1 is 1.23 bits per heavy atom. The SMILES string of the molecule is Cc1cc(O)ccc1NC(=NCc1cc(Br)ccc1F)NCCN(C)C. The molecular weight excluding hydrogens is 399 g/mol. The normalized spacial score (nSPS) is 11.7. The first-order valence-corrected chi connectivity index (χ1v) is 9.08. The quantitative estimate of drug-likeness (QED) is 0.377. The highest BCUT2D eigenvalue weighted by Crippen LogP contribution is 2.20. The fourth-order valence-corrected chi connectivity index (χ4v) is 2.69. The Hall–Kier alpha value is -2.12. The van der Waals surface area contributed by atoms with Crippen molar-refractivity contribution in [3.8, 4) is 5.75 Å². The lowest BCUT2D eigenvalue weighted by Gasteiger charge is -2.16. The summed E-state index contributed by atoms with van der Waals surface area (Å²) in [4.78, 5) is 6.56. The lowest BCUT2D eigenvalue weighted by molar-refractivity contribution is 0.412. The molecule has 0 aliphatic carbocycles. The predicted molar refractivity (Wildman–Crippen MR) is 108 cm³/mol. The summed E-state index contributed by atoms with van der Waals surface area (Å²) in [7, 11) is 3.99. The van der Waals surface area contributed by atoms with E-state index in [0.717, 1.165) is 22.3 Å². The Balaban J connectivity index is 2.17. The highest BCUT2D eigenvalue weighted by Gasteiger charge is 2.06. The summed E-state index contributed by atoms with van der Waals surface area (Å²) in [5.74, 6) is 0.480. The number of benzene rings is 2. The maximum atomic E-state index is 13.9. The molecule has 0 spiro atoms. The third-order valence-electron chi connectivity index (χ3n) is 3.73. The molecule has 0 aliphatic heterocycles. The van der Waals surface area contributed by atoms with Crippen LogP contribution in [0.25, 0.3) is 0 Å². The predicted octanol–water partition coefficient (Wildman–Crippen LogP) is 3.72. The van der Waals surface area contributed by atoms with Gasteiger partial charge in [0.25, 0.3) is 0 Å². The minimum absolute atomic E-state index is 0.208. The van der Waals surface area contributed by atoms with Crippen LogP contribution in [0.2, 0.25) is 0 Å². The van der Waals surface area contributed by atoms with E-state index in [0.29, 0.717) is 18.1 Å². The number of phenols is 1. The summed E-state index contributed by atoms with van der Waals surface area (Å²) in [6.45, 7) is 3.63. The third kappa shape index (κ3) is 6.31. The Morgan fingerprint density at radius 3 is 2.69 bits per heavy atom. The van der Waals surface area contributed by atoms with E-state index in [9.17, 15) is 9.50 Å². The van der Waals surface area contributed by atoms with Crippen molar-refractivity contribution >= 4 is 27.6 Å². The standard InChI is InChI=1S/C19H24BrFN4O/c1-13-10-16(26)5-7-18(13)24-19(22-8-9-25(2)3)23-12-14-11-15(20)4-6-17(14)21/h4-7,10-11,26H,8-9,12H2,1-3H3,(H2,22,23,24). The van der Waals surface area contributed by atoms with E-state index in [1.165, 1.54) is 6.07 Å². The number of aryl methyl sites for hydroxylation is 1. The number of guanidine groups is 1. The van der Waals surface area contributed by atoms with Gasteiger partial charge in [0.2, 0.25) is 0 Å². The van der Waals surface area contributed by atoms with Gasteiger partial charge in [-0.15, -0.1) is 0 Å². The molecule has 7 heteroatoms. The number of hydrogen-bond acceptors (Lipinski definition) is 3. The summed E-state index contributed by atoms with van der Waals surface area (Å²) in [6, 6.07) is 9.88. The molecule has 5 nitrogen and oxygen atoms in total. The number of phenolic OH excluding ortho intramolecular Hbond substituents is 1. The zero-order valence-electron chi connectivity index (χ0n) is 15.2. The molecule has 26 heavy (non-hydrogen) atoms. The fraction of sp³-hybridized carbons (Fsp3) is 0.316. The van der Waals surface area contributed by atoms with Crippen molar-refractivity contribution in [1.82, 2.24) is 10.2 Å². The molecule has 2 rings (SSSR count). The molecule has 2 aromatic rings. The first-order valence-electron chi connectivity index (χ1n) is 8.29. The molecule has 0 aliphatic rings. The molecule has 0 atom stereocenters. The minimum Gasteiger partial charge on any atom is -0.508 e. The van der Waals surface area contributed by atoms with Crippen molar-refractivity contribution < 1.29 is 9.50 Å². The lowest BCUT2D eigenvalue weighted by Crippen LogP contribution is -2.36. The molecule has 0 unspecified atom stereocenters. The number of aromatic hydroxyl groups is 1. The summed E-state index contributed by atoms with van der Waals surface area (Å²) in [5.41, 5.74) is 2.23. The van der Waals surface area contributed by atoms with Crippen LogP contribution in [-0.4, -0.2) is 43.2 Å². The molecule has 140 valence electrons. The van der Waals surface area contributed by atoms with Crippen molar-refractivity contribution in [3.63, 3.8) is 0 Å². The van der Waals surface area contributed by atoms with Crippen molar-refractivity contribution in [2.24, 2.45) is 4.99 Å². The third-order valence-corrected chi connectivity index (χ3v) is 4.22. The lowest BCUT2D eigenvalue weighted by atomic mass is 10.2. The summed E-state index contributed by atoms with van der Waals surface area (Å²) in [5, 5.41) is 16.0.